The van der Waals surface area contributed by atoms with E-state index in [0.29, 0.717) is 11.4 Å². The van der Waals surface area contributed by atoms with Gasteiger partial charge in [-0.25, -0.2) is 9.78 Å². The summed E-state index contributed by atoms with van der Waals surface area (Å²) in [6.45, 7) is 0.777. The normalized spacial score (nSPS) is 16.5. The van der Waals surface area contributed by atoms with Crippen LogP contribution in [0.5, 0.6) is 5.75 Å². The number of halogens is 1. The van der Waals surface area contributed by atoms with Crippen molar-refractivity contribution >= 4 is 29.0 Å². The molecular weight excluding hydrogens is 419 g/mol. The molecule has 126 valence electrons. The van der Waals surface area contributed by atoms with Gasteiger partial charge in [0, 0.05) is 11.7 Å². The molecule has 0 saturated carbocycles. The van der Waals surface area contributed by atoms with Crippen LogP contribution in [0.3, 0.4) is 0 Å². The van der Waals surface area contributed by atoms with E-state index in [1.807, 2.05) is 24.3 Å². The van der Waals surface area contributed by atoms with E-state index in [-0.39, 0.29) is 6.04 Å². The van der Waals surface area contributed by atoms with Crippen LogP contribution >= 0.6 is 23.0 Å². The SMILES string of the molecule is O=C(OI)c1ccc2c(n1)CCCC2NCCc1ccccc1O. The molecule has 3 rings (SSSR count). The van der Waals surface area contributed by atoms with Crippen molar-refractivity contribution in [3.05, 3.63) is 58.9 Å². The first-order chi connectivity index (χ1) is 11.7. The number of fused-ring (bicyclic) bond motifs is 1. The van der Waals surface area contributed by atoms with Gasteiger partial charge in [0.1, 0.15) is 11.4 Å². The number of aryl methyl sites for hydroxylation is 1. The number of phenolic OH excluding ortho intramolecular Hbond substituents is 1. The molecule has 2 N–H and O–H groups in total. The number of hydrogen-bond acceptors (Lipinski definition) is 5. The Kier molecular flexibility index (Phi) is 5.68. The van der Waals surface area contributed by atoms with Crippen molar-refractivity contribution in [2.24, 2.45) is 0 Å². The maximum absolute atomic E-state index is 11.6. The van der Waals surface area contributed by atoms with Crippen molar-refractivity contribution in [1.82, 2.24) is 10.3 Å². The van der Waals surface area contributed by atoms with E-state index in [1.54, 1.807) is 35.1 Å². The molecular formula is C18H19IN2O3. The molecule has 1 aliphatic carbocycles. The molecule has 6 heteroatoms. The average Bonchev–Trinajstić information content (AvgIpc) is 2.62. The fraction of sp³-hybridized carbons (Fsp3) is 0.333. The van der Waals surface area contributed by atoms with Crippen LogP contribution in [-0.2, 0) is 15.9 Å². The fourth-order valence-electron chi connectivity index (χ4n) is 3.13. The molecule has 0 saturated heterocycles. The van der Waals surface area contributed by atoms with Crippen LogP contribution < -0.4 is 5.32 Å². The molecule has 24 heavy (non-hydrogen) atoms. The van der Waals surface area contributed by atoms with Gasteiger partial charge in [0.05, 0.1) is 0 Å². The summed E-state index contributed by atoms with van der Waals surface area (Å²) in [5.74, 6) is -0.0694. The zero-order valence-electron chi connectivity index (χ0n) is 13.2. The molecule has 1 atom stereocenters. The Labute approximate surface area is 155 Å². The lowest BCUT2D eigenvalue weighted by molar-refractivity contribution is 0.0794. The van der Waals surface area contributed by atoms with E-state index in [2.05, 4.69) is 10.3 Å². The Morgan fingerprint density at radius 3 is 2.96 bits per heavy atom. The van der Waals surface area contributed by atoms with E-state index in [0.717, 1.165) is 49.0 Å². The molecule has 2 aromatic rings. The van der Waals surface area contributed by atoms with Crippen molar-refractivity contribution < 1.29 is 13.0 Å². The smallest absolute Gasteiger partial charge is 0.366 e. The highest BCUT2D eigenvalue weighted by Crippen LogP contribution is 2.29. The zero-order valence-corrected chi connectivity index (χ0v) is 15.3. The molecule has 1 heterocycles. The predicted molar refractivity (Wildman–Crippen MR) is 99.2 cm³/mol. The minimum absolute atomic E-state index is 0.233. The van der Waals surface area contributed by atoms with Gasteiger partial charge in [-0.1, -0.05) is 24.3 Å². The first kappa shape index (κ1) is 17.2. The van der Waals surface area contributed by atoms with Crippen LogP contribution in [-0.4, -0.2) is 22.6 Å². The topological polar surface area (TPSA) is 71.5 Å². The van der Waals surface area contributed by atoms with Crippen LogP contribution in [0.2, 0.25) is 0 Å². The molecule has 0 bridgehead atoms. The van der Waals surface area contributed by atoms with Gasteiger partial charge >= 0.3 is 5.97 Å². The summed E-state index contributed by atoms with van der Waals surface area (Å²) < 4.78 is 4.71. The Bertz CT molecular complexity index is 736. The van der Waals surface area contributed by atoms with E-state index in [9.17, 15) is 9.90 Å². The number of nitrogens with zero attached hydrogens (tertiary/aromatic N) is 1. The van der Waals surface area contributed by atoms with Gasteiger partial charge in [-0.05, 0) is 55.5 Å². The number of benzene rings is 1. The molecule has 1 unspecified atom stereocenters. The zero-order chi connectivity index (χ0) is 16.9. The highest BCUT2D eigenvalue weighted by molar-refractivity contribution is 14.1. The molecule has 1 aromatic carbocycles. The number of rotatable bonds is 5. The minimum Gasteiger partial charge on any atom is -0.508 e. The third kappa shape index (κ3) is 3.87. The maximum Gasteiger partial charge on any atom is 0.366 e. The van der Waals surface area contributed by atoms with Crippen LogP contribution in [0.15, 0.2) is 36.4 Å². The molecule has 0 amide bonds. The van der Waals surface area contributed by atoms with Crippen LogP contribution in [0.4, 0.5) is 0 Å². The third-order valence-electron chi connectivity index (χ3n) is 4.35. The van der Waals surface area contributed by atoms with E-state index in [1.165, 1.54) is 0 Å². The van der Waals surface area contributed by atoms with Gasteiger partial charge in [0.15, 0.2) is 23.0 Å². The lowest BCUT2D eigenvalue weighted by Crippen LogP contribution is -2.28. The lowest BCUT2D eigenvalue weighted by atomic mass is 9.91. The molecule has 0 radical (unpaired) electrons. The first-order valence-corrected chi connectivity index (χ1v) is 8.90. The molecule has 1 aromatic heterocycles. The van der Waals surface area contributed by atoms with Gasteiger partial charge in [-0.15, -0.1) is 0 Å². The Balaban J connectivity index is 1.66. The number of nitrogens with one attached hydrogen (secondary N) is 1. The number of para-hydroxylation sites is 1. The van der Waals surface area contributed by atoms with Crippen molar-refractivity contribution in [2.45, 2.75) is 31.7 Å². The number of carbonyl (C=O) groups excluding carboxylic acids is 1. The minimum atomic E-state index is -0.409. The highest BCUT2D eigenvalue weighted by Gasteiger charge is 2.22. The van der Waals surface area contributed by atoms with Gasteiger partial charge in [-0.2, -0.15) is 0 Å². The highest BCUT2D eigenvalue weighted by atomic mass is 127. The largest absolute Gasteiger partial charge is 0.508 e. The summed E-state index contributed by atoms with van der Waals surface area (Å²) in [4.78, 5) is 16.1. The van der Waals surface area contributed by atoms with Crippen molar-refractivity contribution in [2.75, 3.05) is 6.54 Å². The summed E-state index contributed by atoms with van der Waals surface area (Å²) in [6, 6.07) is 11.3. The van der Waals surface area contributed by atoms with Crippen molar-refractivity contribution in [1.29, 1.82) is 0 Å². The second kappa shape index (κ2) is 7.94. The number of phenols is 1. The van der Waals surface area contributed by atoms with Crippen molar-refractivity contribution in [3.8, 4) is 5.75 Å². The summed E-state index contributed by atoms with van der Waals surface area (Å²) in [5.41, 5.74) is 3.43. The Morgan fingerprint density at radius 2 is 2.17 bits per heavy atom. The van der Waals surface area contributed by atoms with Gasteiger partial charge in [0.25, 0.3) is 0 Å². The molecule has 0 aliphatic heterocycles. The summed E-state index contributed by atoms with van der Waals surface area (Å²) >= 11 is 1.58. The van der Waals surface area contributed by atoms with Gasteiger partial charge < -0.3 is 13.5 Å². The van der Waals surface area contributed by atoms with Crippen LogP contribution in [0, 0.1) is 0 Å². The molecule has 0 fully saturated rings. The summed E-state index contributed by atoms with van der Waals surface area (Å²) in [7, 11) is 0. The molecule has 5 nitrogen and oxygen atoms in total. The second-order valence-electron chi connectivity index (χ2n) is 5.87. The van der Waals surface area contributed by atoms with E-state index in [4.69, 9.17) is 3.07 Å². The number of pyridine rings is 1. The Hall–Kier alpha value is -1.67. The first-order valence-electron chi connectivity index (χ1n) is 8.02. The monoisotopic (exact) mass is 438 g/mol. The number of carbonyl (C=O) groups is 1. The van der Waals surface area contributed by atoms with Gasteiger partial charge in [0.2, 0.25) is 0 Å². The quantitative estimate of drug-likeness (QED) is 0.700. The summed E-state index contributed by atoms with van der Waals surface area (Å²) in [6.07, 6.45) is 3.74. The van der Waals surface area contributed by atoms with Gasteiger partial charge in [-0.3, -0.25) is 0 Å². The third-order valence-corrected chi connectivity index (χ3v) is 4.75. The lowest BCUT2D eigenvalue weighted by Gasteiger charge is -2.26. The van der Waals surface area contributed by atoms with E-state index < -0.39 is 5.97 Å². The predicted octanol–water partition coefficient (Wildman–Crippen LogP) is 3.50. The molecule has 1 aliphatic rings. The van der Waals surface area contributed by atoms with Crippen LogP contribution in [0.1, 0.15) is 46.2 Å². The standard InChI is InChI=1S/C18H19IN2O3/c19-24-18(23)16-9-8-13-14(5-3-6-15(13)21-16)20-11-10-12-4-1-2-7-17(12)22/h1-2,4,7-9,14,20,22H,3,5-6,10-11H2. The number of aromatic nitrogens is 1. The fourth-order valence-corrected chi connectivity index (χ4v) is 3.35. The maximum atomic E-state index is 11.6. The summed E-state index contributed by atoms with van der Waals surface area (Å²) in [5, 5.41) is 13.4. The number of hydrogen-bond donors (Lipinski definition) is 2. The number of aromatic hydroxyl groups is 1. The second-order valence-corrected chi connectivity index (χ2v) is 6.32. The van der Waals surface area contributed by atoms with E-state index >= 15 is 0 Å². The van der Waals surface area contributed by atoms with Crippen LogP contribution in [0.25, 0.3) is 0 Å². The average molecular weight is 438 g/mol. The Morgan fingerprint density at radius 1 is 1.33 bits per heavy atom. The molecule has 0 spiro atoms. The van der Waals surface area contributed by atoms with Crippen molar-refractivity contribution in [3.63, 3.8) is 0 Å².